The molecule has 0 radical (unpaired) electrons. The number of rotatable bonds is 4. The molecule has 0 N–H and O–H groups in total. The lowest BCUT2D eigenvalue weighted by Crippen LogP contribution is -1.93. The quantitative estimate of drug-likeness (QED) is 0.176. The highest BCUT2D eigenvalue weighted by atomic mass is 14.7. The third kappa shape index (κ3) is 5.24. The van der Waals surface area contributed by atoms with Crippen LogP contribution in [0, 0.1) is 0 Å². The van der Waals surface area contributed by atoms with Crippen molar-refractivity contribution in [3.05, 3.63) is 180 Å². The molecule has 0 unspecified atom stereocenters. The standard InChI is InChI=1S/C48H32N4/c1-30-27-36-6-3-2-5-31(36)14-19-40(30)45-23-16-34-12-13-38(29-46(34)52-45)37-17-21-44-39(28-37)18-22-43(51-44)33-10-8-32(9-11-33)41-24-26-50-48-42(41)20-15-35-7-4-25-49-47(35)48/h2-13,15-29H,14H2,1H3. The Morgan fingerprint density at radius 1 is 0.500 bits per heavy atom. The van der Waals surface area contributed by atoms with E-state index in [1.807, 2.05) is 18.5 Å². The molecule has 10 rings (SSSR count). The van der Waals surface area contributed by atoms with E-state index in [1.54, 1.807) is 0 Å². The van der Waals surface area contributed by atoms with E-state index in [9.17, 15) is 0 Å². The van der Waals surface area contributed by atoms with Gasteiger partial charge in [0.25, 0.3) is 0 Å². The molecule has 0 bridgehead atoms. The maximum Gasteiger partial charge on any atom is 0.0970 e. The lowest BCUT2D eigenvalue weighted by Gasteiger charge is -2.11. The molecule has 0 amide bonds. The van der Waals surface area contributed by atoms with E-state index >= 15 is 0 Å². The molecule has 244 valence electrons. The van der Waals surface area contributed by atoms with Crippen LogP contribution in [0.15, 0.2) is 164 Å². The molecule has 4 nitrogen and oxygen atoms in total. The fourth-order valence-corrected chi connectivity index (χ4v) is 7.59. The second kappa shape index (κ2) is 12.2. The molecule has 52 heavy (non-hydrogen) atoms. The first-order valence-corrected chi connectivity index (χ1v) is 17.7. The van der Waals surface area contributed by atoms with Gasteiger partial charge in [0, 0.05) is 39.5 Å². The molecule has 0 atom stereocenters. The van der Waals surface area contributed by atoms with Crippen molar-refractivity contribution in [1.29, 1.82) is 0 Å². The van der Waals surface area contributed by atoms with Crippen LogP contribution in [0.3, 0.4) is 0 Å². The van der Waals surface area contributed by atoms with Gasteiger partial charge in [0.05, 0.1) is 33.5 Å². The summed E-state index contributed by atoms with van der Waals surface area (Å²) < 4.78 is 0. The summed E-state index contributed by atoms with van der Waals surface area (Å²) in [6.45, 7) is 2.18. The average Bonchev–Trinajstić information content (AvgIpc) is 3.37. The van der Waals surface area contributed by atoms with E-state index in [1.165, 1.54) is 22.3 Å². The first-order chi connectivity index (χ1) is 25.6. The zero-order valence-electron chi connectivity index (χ0n) is 28.6. The van der Waals surface area contributed by atoms with Crippen LogP contribution >= 0.6 is 0 Å². The minimum Gasteiger partial charge on any atom is -0.254 e. The molecule has 4 heterocycles. The number of pyridine rings is 4. The van der Waals surface area contributed by atoms with Crippen molar-refractivity contribution in [2.24, 2.45) is 0 Å². The Labute approximate surface area is 301 Å². The Hall–Kier alpha value is -6.78. The van der Waals surface area contributed by atoms with Crippen LogP contribution in [0.2, 0.25) is 0 Å². The SMILES string of the molecule is CC1=Cc2ccccc2CC=C1c1ccc2ccc(-c3ccc4nc(-c5ccc(-c6ccnc7c6ccc6cccnc67)cc5)ccc4c3)cc2n1. The highest BCUT2D eigenvalue weighted by molar-refractivity contribution is 6.08. The van der Waals surface area contributed by atoms with Gasteiger partial charge in [0.2, 0.25) is 0 Å². The molecule has 0 saturated heterocycles. The maximum atomic E-state index is 5.17. The second-order valence-electron chi connectivity index (χ2n) is 13.5. The fraction of sp³-hybridized carbons (Fsp3) is 0.0417. The van der Waals surface area contributed by atoms with Gasteiger partial charge in [-0.1, -0.05) is 109 Å². The maximum absolute atomic E-state index is 5.17. The van der Waals surface area contributed by atoms with Crippen molar-refractivity contribution in [2.45, 2.75) is 13.3 Å². The molecule has 0 aliphatic heterocycles. The number of hydrogen-bond donors (Lipinski definition) is 0. The summed E-state index contributed by atoms with van der Waals surface area (Å²) in [6, 6.07) is 49.4. The predicted molar refractivity (Wildman–Crippen MR) is 216 cm³/mol. The van der Waals surface area contributed by atoms with Crippen molar-refractivity contribution >= 4 is 55.3 Å². The molecule has 0 fully saturated rings. The highest BCUT2D eigenvalue weighted by Crippen LogP contribution is 2.34. The Morgan fingerprint density at radius 2 is 1.23 bits per heavy atom. The number of hydrogen-bond acceptors (Lipinski definition) is 4. The molecule has 9 aromatic rings. The van der Waals surface area contributed by atoms with Gasteiger partial charge in [-0.05, 0) is 100 Å². The molecule has 4 aromatic heterocycles. The molecule has 1 aliphatic rings. The lowest BCUT2D eigenvalue weighted by molar-refractivity contribution is 1.25. The van der Waals surface area contributed by atoms with Gasteiger partial charge in [-0.2, -0.15) is 0 Å². The van der Waals surface area contributed by atoms with E-state index in [4.69, 9.17) is 9.97 Å². The molecule has 5 aromatic carbocycles. The zero-order chi connectivity index (χ0) is 34.6. The van der Waals surface area contributed by atoms with Crippen molar-refractivity contribution < 1.29 is 0 Å². The van der Waals surface area contributed by atoms with Gasteiger partial charge in [-0.15, -0.1) is 0 Å². The smallest absolute Gasteiger partial charge is 0.0970 e. The van der Waals surface area contributed by atoms with E-state index in [2.05, 4.69) is 163 Å². The van der Waals surface area contributed by atoms with Crippen molar-refractivity contribution in [1.82, 2.24) is 19.9 Å². The molecule has 4 heteroatoms. The topological polar surface area (TPSA) is 51.6 Å². The molecule has 0 spiro atoms. The number of aromatic nitrogens is 4. The minimum atomic E-state index is 0.899. The summed E-state index contributed by atoms with van der Waals surface area (Å²) in [4.78, 5) is 19.5. The number of benzene rings is 5. The molecular formula is C48H32N4. The summed E-state index contributed by atoms with van der Waals surface area (Å²) in [5.74, 6) is 0. The fourth-order valence-electron chi connectivity index (χ4n) is 7.59. The normalized spacial score (nSPS) is 12.9. The largest absolute Gasteiger partial charge is 0.254 e. The Balaban J connectivity index is 0.935. The van der Waals surface area contributed by atoms with Gasteiger partial charge in [0.15, 0.2) is 0 Å². The zero-order valence-corrected chi connectivity index (χ0v) is 28.6. The van der Waals surface area contributed by atoms with Crippen LogP contribution in [-0.2, 0) is 6.42 Å². The molecule has 1 aliphatic carbocycles. The summed E-state index contributed by atoms with van der Waals surface area (Å²) in [6.07, 6.45) is 9.20. The van der Waals surface area contributed by atoms with Gasteiger partial charge >= 0.3 is 0 Å². The third-order valence-electron chi connectivity index (χ3n) is 10.3. The Kier molecular flexibility index (Phi) is 7.07. The van der Waals surface area contributed by atoms with Crippen molar-refractivity contribution in [3.63, 3.8) is 0 Å². The van der Waals surface area contributed by atoms with E-state index in [-0.39, 0.29) is 0 Å². The number of fused-ring (bicyclic) bond motifs is 6. The second-order valence-corrected chi connectivity index (χ2v) is 13.5. The van der Waals surface area contributed by atoms with E-state index in [0.29, 0.717) is 0 Å². The lowest BCUT2D eigenvalue weighted by atomic mass is 9.98. The van der Waals surface area contributed by atoms with Crippen LogP contribution in [-0.4, -0.2) is 19.9 Å². The predicted octanol–water partition coefficient (Wildman–Crippen LogP) is 11.9. The third-order valence-corrected chi connectivity index (χ3v) is 10.3. The molecule has 0 saturated carbocycles. The number of nitrogens with zero attached hydrogens (tertiary/aromatic N) is 4. The van der Waals surface area contributed by atoms with Crippen molar-refractivity contribution in [2.75, 3.05) is 0 Å². The summed E-state index contributed by atoms with van der Waals surface area (Å²) in [7, 11) is 0. The van der Waals surface area contributed by atoms with Crippen LogP contribution in [0.4, 0.5) is 0 Å². The summed E-state index contributed by atoms with van der Waals surface area (Å²) >= 11 is 0. The van der Waals surface area contributed by atoms with Crippen LogP contribution < -0.4 is 0 Å². The van der Waals surface area contributed by atoms with Gasteiger partial charge < -0.3 is 0 Å². The summed E-state index contributed by atoms with van der Waals surface area (Å²) in [5.41, 5.74) is 16.5. The van der Waals surface area contributed by atoms with E-state index < -0.39 is 0 Å². The van der Waals surface area contributed by atoms with Gasteiger partial charge in [-0.3, -0.25) is 9.97 Å². The van der Waals surface area contributed by atoms with Crippen LogP contribution in [0.5, 0.6) is 0 Å². The van der Waals surface area contributed by atoms with Gasteiger partial charge in [-0.25, -0.2) is 9.97 Å². The first kappa shape index (κ1) is 30.1. The summed E-state index contributed by atoms with van der Waals surface area (Å²) in [5, 5.41) is 4.43. The van der Waals surface area contributed by atoms with E-state index in [0.717, 1.165) is 89.2 Å². The van der Waals surface area contributed by atoms with Crippen LogP contribution in [0.1, 0.15) is 23.7 Å². The monoisotopic (exact) mass is 664 g/mol. The van der Waals surface area contributed by atoms with Gasteiger partial charge in [0.1, 0.15) is 0 Å². The van der Waals surface area contributed by atoms with Crippen LogP contribution in [0.25, 0.3) is 88.8 Å². The van der Waals surface area contributed by atoms with Crippen molar-refractivity contribution in [3.8, 4) is 33.5 Å². The Bertz CT molecular complexity index is 2940. The first-order valence-electron chi connectivity index (χ1n) is 17.7. The number of allylic oxidation sites excluding steroid dienone is 3. The minimum absolute atomic E-state index is 0.899. The Morgan fingerprint density at radius 3 is 2.17 bits per heavy atom. The average molecular weight is 665 g/mol. The highest BCUT2D eigenvalue weighted by Gasteiger charge is 2.14. The molecular weight excluding hydrogens is 633 g/mol.